The Labute approximate surface area is 177 Å². The quantitative estimate of drug-likeness (QED) is 0.560. The second-order valence-corrected chi connectivity index (χ2v) is 7.96. The van der Waals surface area contributed by atoms with Crippen LogP contribution in [-0.4, -0.2) is 20.5 Å². The Kier molecular flexibility index (Phi) is 5.39. The maximum Gasteiger partial charge on any atom is 0.291 e. The van der Waals surface area contributed by atoms with Gasteiger partial charge in [0.1, 0.15) is 11.4 Å². The summed E-state index contributed by atoms with van der Waals surface area (Å²) in [4.78, 5) is 30.1. The van der Waals surface area contributed by atoms with Gasteiger partial charge < -0.3 is 5.32 Å². The van der Waals surface area contributed by atoms with Crippen molar-refractivity contribution in [2.75, 3.05) is 5.32 Å². The second-order valence-electron chi connectivity index (χ2n) is 7.08. The van der Waals surface area contributed by atoms with Gasteiger partial charge in [-0.3, -0.25) is 14.6 Å². The van der Waals surface area contributed by atoms with E-state index < -0.39 is 0 Å². The number of hydrogen-bond acceptors (Lipinski definition) is 5. The summed E-state index contributed by atoms with van der Waals surface area (Å²) >= 11 is 12.2. The third-order valence-electron chi connectivity index (χ3n) is 4.68. The number of benzene rings is 1. The van der Waals surface area contributed by atoms with E-state index in [-0.39, 0.29) is 22.6 Å². The highest BCUT2D eigenvalue weighted by atomic mass is 35.5. The van der Waals surface area contributed by atoms with Crippen LogP contribution in [-0.2, 0) is 6.54 Å². The summed E-state index contributed by atoms with van der Waals surface area (Å²) < 4.78 is 1.42. The fraction of sp³-hybridized carbons (Fsp3) is 0.238. The minimum atomic E-state index is -0.363. The highest BCUT2D eigenvalue weighted by Gasteiger charge is 2.27. The van der Waals surface area contributed by atoms with E-state index in [1.54, 1.807) is 36.5 Å². The zero-order chi connectivity index (χ0) is 20.5. The van der Waals surface area contributed by atoms with Gasteiger partial charge in [-0.1, -0.05) is 29.3 Å². The molecule has 1 saturated carbocycles. The Bertz CT molecular complexity index is 1120. The standard InChI is InChI=1S/C21H18Cl2N4O2/c1-12(28)18-19(17-4-2-3-7-24-17)26-27(11-13-5-6-13)21(29)20(18)25-16-9-14(22)8-15(23)10-16/h2-4,7-10,13,25H,5-6,11H2,1H3. The Balaban J connectivity index is 1.93. The molecule has 0 spiro atoms. The van der Waals surface area contributed by atoms with E-state index >= 15 is 0 Å². The van der Waals surface area contributed by atoms with Gasteiger partial charge in [0.2, 0.25) is 0 Å². The monoisotopic (exact) mass is 428 g/mol. The molecule has 1 aliphatic carbocycles. The van der Waals surface area contributed by atoms with E-state index in [9.17, 15) is 9.59 Å². The minimum absolute atomic E-state index is 0.145. The lowest BCUT2D eigenvalue weighted by Crippen LogP contribution is -2.29. The predicted molar refractivity (Wildman–Crippen MR) is 114 cm³/mol. The number of pyridine rings is 1. The maximum atomic E-state index is 13.2. The van der Waals surface area contributed by atoms with Gasteiger partial charge in [0.05, 0.1) is 11.3 Å². The van der Waals surface area contributed by atoms with E-state index in [4.69, 9.17) is 23.2 Å². The van der Waals surface area contributed by atoms with Crippen molar-refractivity contribution in [1.29, 1.82) is 0 Å². The highest BCUT2D eigenvalue weighted by Crippen LogP contribution is 2.32. The Hall–Kier alpha value is -2.70. The molecule has 0 unspecified atom stereocenters. The summed E-state index contributed by atoms with van der Waals surface area (Å²) in [5.41, 5.74) is 1.38. The first-order chi connectivity index (χ1) is 13.9. The lowest BCUT2D eigenvalue weighted by Gasteiger charge is -2.16. The molecule has 8 heteroatoms. The van der Waals surface area contributed by atoms with Crippen molar-refractivity contribution < 1.29 is 4.79 Å². The van der Waals surface area contributed by atoms with Crippen molar-refractivity contribution in [3.8, 4) is 11.4 Å². The Morgan fingerprint density at radius 3 is 2.52 bits per heavy atom. The van der Waals surface area contributed by atoms with Crippen molar-refractivity contribution in [1.82, 2.24) is 14.8 Å². The normalized spacial score (nSPS) is 13.3. The van der Waals surface area contributed by atoms with Crippen LogP contribution in [0.2, 0.25) is 10.0 Å². The van der Waals surface area contributed by atoms with Crippen LogP contribution in [0.15, 0.2) is 47.4 Å². The first-order valence-electron chi connectivity index (χ1n) is 9.23. The molecule has 1 aromatic carbocycles. The Morgan fingerprint density at radius 2 is 1.93 bits per heavy atom. The summed E-state index contributed by atoms with van der Waals surface area (Å²) in [7, 11) is 0. The van der Waals surface area contributed by atoms with Crippen LogP contribution in [0.1, 0.15) is 30.1 Å². The second kappa shape index (κ2) is 7.97. The molecule has 0 atom stereocenters. The minimum Gasteiger partial charge on any atom is -0.350 e. The summed E-state index contributed by atoms with van der Waals surface area (Å²) in [5, 5.41) is 8.40. The average Bonchev–Trinajstić information content (AvgIpc) is 3.48. The van der Waals surface area contributed by atoms with Crippen LogP contribution in [0.25, 0.3) is 11.4 Å². The van der Waals surface area contributed by atoms with E-state index in [1.165, 1.54) is 11.6 Å². The topological polar surface area (TPSA) is 76.9 Å². The SMILES string of the molecule is CC(=O)c1c(-c2ccccn2)nn(CC2CC2)c(=O)c1Nc1cc(Cl)cc(Cl)c1. The fourth-order valence-electron chi connectivity index (χ4n) is 3.15. The molecule has 6 nitrogen and oxygen atoms in total. The van der Waals surface area contributed by atoms with Crippen LogP contribution in [0.5, 0.6) is 0 Å². The van der Waals surface area contributed by atoms with Gasteiger partial charge in [-0.25, -0.2) is 4.68 Å². The van der Waals surface area contributed by atoms with Gasteiger partial charge in [-0.2, -0.15) is 5.10 Å². The molecule has 0 amide bonds. The van der Waals surface area contributed by atoms with Gasteiger partial charge >= 0.3 is 0 Å². The van der Waals surface area contributed by atoms with Crippen LogP contribution in [0.4, 0.5) is 11.4 Å². The van der Waals surface area contributed by atoms with Gasteiger partial charge in [0.15, 0.2) is 5.78 Å². The molecule has 4 rings (SSSR count). The van der Waals surface area contributed by atoms with E-state index in [2.05, 4.69) is 15.4 Å². The number of halogens is 2. The molecule has 2 heterocycles. The first-order valence-corrected chi connectivity index (χ1v) is 9.98. The van der Waals surface area contributed by atoms with Gasteiger partial charge in [-0.05, 0) is 56.0 Å². The predicted octanol–water partition coefficient (Wildman–Crippen LogP) is 4.97. The number of rotatable bonds is 6. The van der Waals surface area contributed by atoms with E-state index in [0.29, 0.717) is 39.6 Å². The molecule has 1 aliphatic rings. The van der Waals surface area contributed by atoms with Crippen LogP contribution in [0, 0.1) is 5.92 Å². The molecule has 1 N–H and O–H groups in total. The van der Waals surface area contributed by atoms with Crippen LogP contribution >= 0.6 is 23.2 Å². The molecular weight excluding hydrogens is 411 g/mol. The van der Waals surface area contributed by atoms with E-state index in [0.717, 1.165) is 12.8 Å². The molecule has 2 aromatic heterocycles. The molecule has 3 aromatic rings. The van der Waals surface area contributed by atoms with Crippen LogP contribution < -0.4 is 10.9 Å². The number of carbonyl (C=O) groups excluding carboxylic acids is 1. The number of hydrogen-bond donors (Lipinski definition) is 1. The summed E-state index contributed by atoms with van der Waals surface area (Å²) in [6.45, 7) is 1.91. The number of anilines is 2. The molecule has 29 heavy (non-hydrogen) atoms. The summed E-state index contributed by atoms with van der Waals surface area (Å²) in [6, 6.07) is 10.2. The number of Topliss-reactive ketones (excluding diaryl/α,β-unsaturated/α-hetero) is 1. The number of nitrogens with zero attached hydrogens (tertiary/aromatic N) is 3. The lowest BCUT2D eigenvalue weighted by molar-refractivity contribution is 0.101. The van der Waals surface area contributed by atoms with Crippen molar-refractivity contribution in [3.63, 3.8) is 0 Å². The smallest absolute Gasteiger partial charge is 0.291 e. The number of carbonyl (C=O) groups is 1. The van der Waals surface area contributed by atoms with Crippen molar-refractivity contribution in [2.45, 2.75) is 26.3 Å². The number of ketones is 1. The fourth-order valence-corrected chi connectivity index (χ4v) is 3.68. The number of aromatic nitrogens is 3. The zero-order valence-electron chi connectivity index (χ0n) is 15.7. The molecular formula is C21H18Cl2N4O2. The summed E-state index contributed by atoms with van der Waals surface area (Å²) in [5.74, 6) is 0.137. The van der Waals surface area contributed by atoms with Crippen molar-refractivity contribution in [2.24, 2.45) is 5.92 Å². The average molecular weight is 429 g/mol. The molecule has 0 aliphatic heterocycles. The first kappa shape index (κ1) is 19.6. The summed E-state index contributed by atoms with van der Waals surface area (Å²) in [6.07, 6.45) is 3.75. The highest BCUT2D eigenvalue weighted by molar-refractivity contribution is 6.35. The van der Waals surface area contributed by atoms with Gasteiger partial charge in [0, 0.05) is 28.5 Å². The zero-order valence-corrected chi connectivity index (χ0v) is 17.2. The Morgan fingerprint density at radius 1 is 1.21 bits per heavy atom. The molecule has 0 bridgehead atoms. The number of nitrogens with one attached hydrogen (secondary N) is 1. The largest absolute Gasteiger partial charge is 0.350 e. The molecule has 1 fully saturated rings. The molecule has 0 saturated heterocycles. The van der Waals surface area contributed by atoms with Crippen molar-refractivity contribution in [3.05, 3.63) is 68.6 Å². The third kappa shape index (κ3) is 4.33. The van der Waals surface area contributed by atoms with Crippen LogP contribution in [0.3, 0.4) is 0 Å². The van der Waals surface area contributed by atoms with E-state index in [1.807, 2.05) is 6.07 Å². The maximum absolute atomic E-state index is 13.2. The van der Waals surface area contributed by atoms with Crippen molar-refractivity contribution >= 4 is 40.4 Å². The molecule has 148 valence electrons. The third-order valence-corrected chi connectivity index (χ3v) is 5.11. The lowest BCUT2D eigenvalue weighted by atomic mass is 10.1. The molecule has 0 radical (unpaired) electrons. The van der Waals surface area contributed by atoms with Gasteiger partial charge in [-0.15, -0.1) is 0 Å². The van der Waals surface area contributed by atoms with Gasteiger partial charge in [0.25, 0.3) is 5.56 Å².